The standard InChI is InChI=1S/C21H28N6O6S/c28-17(7-3-2-6-16-18-13(12-34-16)23-21(29)24-18)22-10-4-1-5-11-32-15-9-8-14(27(30)31)19-20(15)26-33-25-19/h8-9,13,16,18H,1-7,10-12H2,(H,22,28)(H2,23,24,29)/t13-,16-,18-/m0/s1. The average Bonchev–Trinajstić information content (AvgIpc) is 3.52. The summed E-state index contributed by atoms with van der Waals surface area (Å²) in [6.45, 7) is 1.04. The maximum atomic E-state index is 12.0. The lowest BCUT2D eigenvalue weighted by atomic mass is 10.0. The van der Waals surface area contributed by atoms with E-state index in [0.717, 1.165) is 44.3 Å². The van der Waals surface area contributed by atoms with Crippen molar-refractivity contribution in [3.63, 3.8) is 0 Å². The van der Waals surface area contributed by atoms with Gasteiger partial charge in [0.2, 0.25) is 11.4 Å². The number of fused-ring (bicyclic) bond motifs is 2. The molecule has 0 bridgehead atoms. The Balaban J connectivity index is 1.03. The molecule has 1 aromatic heterocycles. The summed E-state index contributed by atoms with van der Waals surface area (Å²) in [5.74, 6) is 1.42. The summed E-state index contributed by atoms with van der Waals surface area (Å²) < 4.78 is 10.3. The van der Waals surface area contributed by atoms with Crippen molar-refractivity contribution in [3.05, 3.63) is 22.2 Å². The number of carbonyl (C=O) groups excluding carboxylic acids is 2. The average molecular weight is 493 g/mol. The Hall–Kier alpha value is -3.09. The topological polar surface area (TPSA) is 162 Å². The molecule has 13 heteroatoms. The molecule has 0 spiro atoms. The smallest absolute Gasteiger partial charge is 0.315 e. The van der Waals surface area contributed by atoms with Crippen LogP contribution in [0.25, 0.3) is 11.0 Å². The number of hydrogen-bond acceptors (Lipinski definition) is 9. The van der Waals surface area contributed by atoms with Gasteiger partial charge in [0.05, 0.1) is 23.6 Å². The molecule has 3 atom stereocenters. The number of nitrogens with zero attached hydrogens (tertiary/aromatic N) is 3. The predicted octanol–water partition coefficient (Wildman–Crippen LogP) is 2.52. The molecule has 2 saturated heterocycles. The van der Waals surface area contributed by atoms with Gasteiger partial charge >= 0.3 is 11.7 Å². The van der Waals surface area contributed by atoms with E-state index in [1.807, 2.05) is 11.8 Å². The van der Waals surface area contributed by atoms with Crippen LogP contribution in [0.2, 0.25) is 0 Å². The first-order chi connectivity index (χ1) is 16.5. The minimum atomic E-state index is -0.540. The number of unbranched alkanes of at least 4 members (excludes halogenated alkanes) is 3. The molecule has 12 nitrogen and oxygen atoms in total. The zero-order valence-electron chi connectivity index (χ0n) is 18.7. The molecule has 1 aromatic carbocycles. The first kappa shape index (κ1) is 24.0. The van der Waals surface area contributed by atoms with E-state index in [9.17, 15) is 19.7 Å². The maximum Gasteiger partial charge on any atom is 0.315 e. The number of aromatic nitrogens is 2. The van der Waals surface area contributed by atoms with Crippen LogP contribution in [0.15, 0.2) is 16.8 Å². The van der Waals surface area contributed by atoms with Crippen LogP contribution in [0, 0.1) is 10.1 Å². The monoisotopic (exact) mass is 492 g/mol. The first-order valence-electron chi connectivity index (χ1n) is 11.5. The van der Waals surface area contributed by atoms with E-state index in [1.165, 1.54) is 12.1 Å². The van der Waals surface area contributed by atoms with Crippen molar-refractivity contribution in [1.82, 2.24) is 26.3 Å². The third-order valence-corrected chi connectivity index (χ3v) is 7.54. The molecule has 0 radical (unpaired) electrons. The second-order valence-corrected chi connectivity index (χ2v) is 9.70. The summed E-state index contributed by atoms with van der Waals surface area (Å²) in [6.07, 6.45) is 5.81. The highest BCUT2D eigenvalue weighted by Gasteiger charge is 2.42. The third-order valence-electron chi connectivity index (χ3n) is 6.04. The molecule has 0 unspecified atom stereocenters. The van der Waals surface area contributed by atoms with Gasteiger partial charge in [0, 0.05) is 30.0 Å². The molecule has 0 aliphatic carbocycles. The molecule has 2 aliphatic rings. The minimum absolute atomic E-state index is 0.0656. The number of non-ortho nitro benzene ring substituents is 1. The molecule has 2 fully saturated rings. The summed E-state index contributed by atoms with van der Waals surface area (Å²) in [7, 11) is 0. The molecule has 184 valence electrons. The van der Waals surface area contributed by atoms with Gasteiger partial charge in [-0.25, -0.2) is 9.42 Å². The Morgan fingerprint density at radius 2 is 2.06 bits per heavy atom. The lowest BCUT2D eigenvalue weighted by molar-refractivity contribution is -0.383. The van der Waals surface area contributed by atoms with E-state index >= 15 is 0 Å². The van der Waals surface area contributed by atoms with Crippen molar-refractivity contribution < 1.29 is 23.9 Å². The highest BCUT2D eigenvalue weighted by molar-refractivity contribution is 8.00. The number of ether oxygens (including phenoxy) is 1. The Kier molecular flexibility index (Phi) is 8.03. The fourth-order valence-electron chi connectivity index (χ4n) is 4.27. The molecule has 3 N–H and O–H groups in total. The summed E-state index contributed by atoms with van der Waals surface area (Å²) >= 11 is 1.89. The minimum Gasteiger partial charge on any atom is -0.491 e. The number of thioether (sulfide) groups is 1. The zero-order chi connectivity index (χ0) is 23.9. The summed E-state index contributed by atoms with van der Waals surface area (Å²) in [5, 5.41) is 27.6. The molecule has 2 aliphatic heterocycles. The van der Waals surface area contributed by atoms with Crippen molar-refractivity contribution in [2.75, 3.05) is 18.9 Å². The van der Waals surface area contributed by atoms with Crippen LogP contribution in [0.1, 0.15) is 44.9 Å². The lowest BCUT2D eigenvalue weighted by Gasteiger charge is -2.16. The molecule has 4 rings (SSSR count). The Bertz CT molecular complexity index is 1030. The van der Waals surface area contributed by atoms with Gasteiger partial charge in [0.1, 0.15) is 0 Å². The molecule has 3 amide bonds. The molecule has 34 heavy (non-hydrogen) atoms. The van der Waals surface area contributed by atoms with Crippen LogP contribution in [0.4, 0.5) is 10.5 Å². The van der Waals surface area contributed by atoms with E-state index in [-0.39, 0.29) is 40.7 Å². The second-order valence-electron chi connectivity index (χ2n) is 8.43. The van der Waals surface area contributed by atoms with E-state index in [2.05, 4.69) is 30.9 Å². The van der Waals surface area contributed by atoms with Crippen LogP contribution in [-0.4, -0.2) is 63.4 Å². The normalized spacial score (nSPS) is 21.2. The number of nitrogens with one attached hydrogen (secondary N) is 3. The SMILES string of the molecule is O=C(CCCC[C@@H]1SC[C@@H]2NC(=O)N[C@@H]21)NCCCCCOc1ccc([N+](=O)[O-])c2nonc12. The van der Waals surface area contributed by atoms with Crippen molar-refractivity contribution in [2.24, 2.45) is 0 Å². The van der Waals surface area contributed by atoms with E-state index in [0.29, 0.717) is 30.6 Å². The predicted molar refractivity (Wildman–Crippen MR) is 125 cm³/mol. The number of amides is 3. The summed E-state index contributed by atoms with van der Waals surface area (Å²) in [4.78, 5) is 33.9. The number of nitro groups is 1. The van der Waals surface area contributed by atoms with Gasteiger partial charge in [-0.05, 0) is 48.5 Å². The second kappa shape index (κ2) is 11.4. The van der Waals surface area contributed by atoms with Crippen molar-refractivity contribution in [2.45, 2.75) is 62.3 Å². The number of nitro benzene ring substituents is 1. The fourth-order valence-corrected chi connectivity index (χ4v) is 5.81. The van der Waals surface area contributed by atoms with Crippen LogP contribution < -0.4 is 20.7 Å². The quantitative estimate of drug-likeness (QED) is 0.165. The van der Waals surface area contributed by atoms with Crippen LogP contribution in [-0.2, 0) is 4.79 Å². The molecular formula is C21H28N6O6S. The van der Waals surface area contributed by atoms with Gasteiger partial charge in [-0.2, -0.15) is 11.8 Å². The number of carbonyl (C=O) groups is 2. The van der Waals surface area contributed by atoms with Crippen molar-refractivity contribution in [3.8, 4) is 5.75 Å². The van der Waals surface area contributed by atoms with E-state index in [1.54, 1.807) is 0 Å². The Morgan fingerprint density at radius 1 is 1.21 bits per heavy atom. The fraction of sp³-hybridized carbons (Fsp3) is 0.619. The Labute approximate surface area is 200 Å². The summed E-state index contributed by atoms with van der Waals surface area (Å²) in [6, 6.07) is 3.21. The van der Waals surface area contributed by atoms with E-state index < -0.39 is 4.92 Å². The first-order valence-corrected chi connectivity index (χ1v) is 12.6. The largest absolute Gasteiger partial charge is 0.491 e. The van der Waals surface area contributed by atoms with Crippen molar-refractivity contribution in [1.29, 1.82) is 0 Å². The number of urea groups is 1. The van der Waals surface area contributed by atoms with Gasteiger partial charge in [-0.1, -0.05) is 6.42 Å². The third kappa shape index (κ3) is 5.88. The van der Waals surface area contributed by atoms with Gasteiger partial charge < -0.3 is 20.7 Å². The molecule has 3 heterocycles. The van der Waals surface area contributed by atoms with Gasteiger partial charge in [0.15, 0.2) is 11.3 Å². The zero-order valence-corrected chi connectivity index (χ0v) is 19.5. The molecular weight excluding hydrogens is 464 g/mol. The molecule has 2 aromatic rings. The van der Waals surface area contributed by atoms with Gasteiger partial charge in [0.25, 0.3) is 0 Å². The van der Waals surface area contributed by atoms with Crippen molar-refractivity contribution >= 4 is 40.4 Å². The summed E-state index contributed by atoms with van der Waals surface area (Å²) in [5.41, 5.74) is 0.126. The molecule has 0 saturated carbocycles. The number of hydrogen-bond donors (Lipinski definition) is 3. The van der Waals surface area contributed by atoms with Crippen LogP contribution >= 0.6 is 11.8 Å². The van der Waals surface area contributed by atoms with Crippen LogP contribution in [0.3, 0.4) is 0 Å². The highest BCUT2D eigenvalue weighted by atomic mass is 32.2. The number of rotatable bonds is 13. The number of benzene rings is 1. The maximum absolute atomic E-state index is 12.0. The van der Waals surface area contributed by atoms with Gasteiger partial charge in [-0.3, -0.25) is 14.9 Å². The Morgan fingerprint density at radius 3 is 2.91 bits per heavy atom. The van der Waals surface area contributed by atoms with Crippen LogP contribution in [0.5, 0.6) is 5.75 Å². The van der Waals surface area contributed by atoms with Gasteiger partial charge in [-0.15, -0.1) is 0 Å². The lowest BCUT2D eigenvalue weighted by Crippen LogP contribution is -2.36. The highest BCUT2D eigenvalue weighted by Crippen LogP contribution is 2.33. The van der Waals surface area contributed by atoms with E-state index in [4.69, 9.17) is 4.74 Å².